The van der Waals surface area contributed by atoms with E-state index in [1.807, 2.05) is 0 Å². The van der Waals surface area contributed by atoms with Gasteiger partial charge < -0.3 is 5.73 Å². The van der Waals surface area contributed by atoms with Gasteiger partial charge in [-0.15, -0.1) is 5.10 Å². The second kappa shape index (κ2) is 3.25. The van der Waals surface area contributed by atoms with Crippen molar-refractivity contribution in [3.8, 4) is 5.69 Å². The van der Waals surface area contributed by atoms with Crippen molar-refractivity contribution < 1.29 is 4.79 Å². The highest BCUT2D eigenvalue weighted by Gasteiger charge is 2.02. The summed E-state index contributed by atoms with van der Waals surface area (Å²) < 4.78 is 1.45. The Morgan fingerprint density at radius 3 is 2.93 bits per heavy atom. The molecule has 1 heterocycles. The van der Waals surface area contributed by atoms with Gasteiger partial charge in [0, 0.05) is 5.56 Å². The number of amides is 1. The maximum absolute atomic E-state index is 10.9. The summed E-state index contributed by atoms with van der Waals surface area (Å²) in [5, 5.41) is 10.7. The number of aromatic nitrogens is 4. The van der Waals surface area contributed by atoms with Gasteiger partial charge in [0.25, 0.3) is 0 Å². The first kappa shape index (κ1) is 8.36. The molecule has 0 fully saturated rings. The predicted molar refractivity (Wildman–Crippen MR) is 47.7 cm³/mol. The number of hydrogen-bond donors (Lipinski definition) is 1. The van der Waals surface area contributed by atoms with Crippen LogP contribution < -0.4 is 5.73 Å². The van der Waals surface area contributed by atoms with Gasteiger partial charge in [0.1, 0.15) is 6.33 Å². The number of nitrogens with zero attached hydrogens (tertiary/aromatic N) is 4. The molecule has 1 aromatic heterocycles. The molecule has 0 radical (unpaired) electrons. The minimum Gasteiger partial charge on any atom is -0.366 e. The molecule has 0 saturated carbocycles. The second-order valence-corrected chi connectivity index (χ2v) is 2.67. The zero-order chi connectivity index (χ0) is 9.97. The molecule has 1 aromatic carbocycles. The lowest BCUT2D eigenvalue weighted by Crippen LogP contribution is -2.11. The van der Waals surface area contributed by atoms with Crippen LogP contribution in [0.2, 0.25) is 0 Å². The molecule has 14 heavy (non-hydrogen) atoms. The van der Waals surface area contributed by atoms with Crippen molar-refractivity contribution >= 4 is 5.91 Å². The molecule has 0 aliphatic carbocycles. The Kier molecular flexibility index (Phi) is 1.94. The Balaban J connectivity index is 2.46. The quantitative estimate of drug-likeness (QED) is 0.706. The zero-order valence-electron chi connectivity index (χ0n) is 7.16. The molecule has 0 spiro atoms. The summed E-state index contributed by atoms with van der Waals surface area (Å²) in [7, 11) is 0. The lowest BCUT2D eigenvalue weighted by atomic mass is 10.2. The van der Waals surface area contributed by atoms with Gasteiger partial charge in [0.2, 0.25) is 5.91 Å². The number of rotatable bonds is 2. The fraction of sp³-hybridized carbons (Fsp3) is 0. The van der Waals surface area contributed by atoms with Gasteiger partial charge in [0.15, 0.2) is 0 Å². The fourth-order valence-corrected chi connectivity index (χ4v) is 1.08. The molecule has 6 heteroatoms. The first-order chi connectivity index (χ1) is 6.77. The van der Waals surface area contributed by atoms with E-state index in [0.29, 0.717) is 11.3 Å². The van der Waals surface area contributed by atoms with Gasteiger partial charge in [-0.05, 0) is 28.6 Å². The van der Waals surface area contributed by atoms with Crippen molar-refractivity contribution in [3.05, 3.63) is 36.2 Å². The Labute approximate surface area is 79.3 Å². The smallest absolute Gasteiger partial charge is 0.248 e. The van der Waals surface area contributed by atoms with E-state index in [4.69, 9.17) is 5.73 Å². The van der Waals surface area contributed by atoms with Crippen molar-refractivity contribution in [2.45, 2.75) is 0 Å². The highest BCUT2D eigenvalue weighted by Crippen LogP contribution is 2.07. The van der Waals surface area contributed by atoms with E-state index >= 15 is 0 Å². The van der Waals surface area contributed by atoms with Crippen LogP contribution in [-0.2, 0) is 0 Å². The minimum atomic E-state index is -0.472. The Bertz CT molecular complexity index is 451. The monoisotopic (exact) mass is 189 g/mol. The number of nitrogens with two attached hydrogens (primary N) is 1. The average Bonchev–Trinajstić information content (AvgIpc) is 2.71. The summed E-state index contributed by atoms with van der Waals surface area (Å²) in [5.41, 5.74) is 6.27. The predicted octanol–water partition coefficient (Wildman–Crippen LogP) is -0.239. The van der Waals surface area contributed by atoms with E-state index in [0.717, 1.165) is 0 Å². The third-order valence-electron chi connectivity index (χ3n) is 1.74. The molecule has 6 nitrogen and oxygen atoms in total. The first-order valence-electron chi connectivity index (χ1n) is 3.90. The van der Waals surface area contributed by atoms with E-state index in [1.165, 1.54) is 11.0 Å². The van der Waals surface area contributed by atoms with Crippen LogP contribution in [-0.4, -0.2) is 26.1 Å². The maximum atomic E-state index is 10.9. The van der Waals surface area contributed by atoms with Crippen LogP contribution in [0, 0.1) is 0 Å². The molecule has 0 atom stereocenters. The van der Waals surface area contributed by atoms with E-state index in [2.05, 4.69) is 15.5 Å². The number of tetrazole rings is 1. The fourth-order valence-electron chi connectivity index (χ4n) is 1.08. The summed E-state index contributed by atoms with van der Waals surface area (Å²) in [5.74, 6) is -0.472. The summed E-state index contributed by atoms with van der Waals surface area (Å²) in [6.07, 6.45) is 1.44. The Morgan fingerprint density at radius 2 is 2.29 bits per heavy atom. The van der Waals surface area contributed by atoms with Gasteiger partial charge in [0.05, 0.1) is 5.69 Å². The van der Waals surface area contributed by atoms with Crippen LogP contribution in [0.15, 0.2) is 30.6 Å². The molecule has 2 rings (SSSR count). The third kappa shape index (κ3) is 1.45. The second-order valence-electron chi connectivity index (χ2n) is 2.67. The summed E-state index contributed by atoms with van der Waals surface area (Å²) in [4.78, 5) is 10.9. The van der Waals surface area contributed by atoms with Crippen molar-refractivity contribution in [1.82, 2.24) is 20.2 Å². The van der Waals surface area contributed by atoms with Crippen molar-refractivity contribution in [1.29, 1.82) is 0 Å². The van der Waals surface area contributed by atoms with Gasteiger partial charge >= 0.3 is 0 Å². The van der Waals surface area contributed by atoms with Crippen LogP contribution in [0.5, 0.6) is 0 Å². The topological polar surface area (TPSA) is 86.7 Å². The normalized spacial score (nSPS) is 10.0. The van der Waals surface area contributed by atoms with Crippen LogP contribution in [0.1, 0.15) is 10.4 Å². The number of carbonyl (C=O) groups excluding carboxylic acids is 1. The largest absolute Gasteiger partial charge is 0.366 e. The van der Waals surface area contributed by atoms with Crippen LogP contribution in [0.4, 0.5) is 0 Å². The average molecular weight is 189 g/mol. The molecule has 1 amide bonds. The number of benzene rings is 1. The van der Waals surface area contributed by atoms with E-state index in [-0.39, 0.29) is 0 Å². The number of carbonyl (C=O) groups is 1. The molecule has 0 aliphatic heterocycles. The molecule has 0 unspecified atom stereocenters. The van der Waals surface area contributed by atoms with Crippen molar-refractivity contribution in [2.24, 2.45) is 5.73 Å². The minimum absolute atomic E-state index is 0.429. The van der Waals surface area contributed by atoms with E-state index in [9.17, 15) is 4.79 Å². The van der Waals surface area contributed by atoms with Gasteiger partial charge in [-0.25, -0.2) is 4.68 Å². The van der Waals surface area contributed by atoms with Crippen molar-refractivity contribution in [3.63, 3.8) is 0 Å². The highest BCUT2D eigenvalue weighted by atomic mass is 16.1. The number of primary amides is 1. The molecule has 0 bridgehead atoms. The molecule has 0 saturated heterocycles. The van der Waals surface area contributed by atoms with Crippen molar-refractivity contribution in [2.75, 3.05) is 0 Å². The lowest BCUT2D eigenvalue weighted by Gasteiger charge is -2.00. The molecule has 2 N–H and O–H groups in total. The van der Waals surface area contributed by atoms with Gasteiger partial charge in [-0.3, -0.25) is 4.79 Å². The van der Waals surface area contributed by atoms with Crippen LogP contribution in [0.25, 0.3) is 5.69 Å². The van der Waals surface area contributed by atoms with E-state index < -0.39 is 5.91 Å². The van der Waals surface area contributed by atoms with Gasteiger partial charge in [-0.2, -0.15) is 0 Å². The molecule has 2 aromatic rings. The maximum Gasteiger partial charge on any atom is 0.248 e. The summed E-state index contributed by atoms with van der Waals surface area (Å²) in [6, 6.07) is 6.76. The Hall–Kier alpha value is -2.24. The third-order valence-corrected chi connectivity index (χ3v) is 1.74. The van der Waals surface area contributed by atoms with Crippen LogP contribution in [0.3, 0.4) is 0 Å². The standard InChI is InChI=1S/C8H7N5O/c9-8(14)6-2-1-3-7(4-6)13-5-10-11-12-13/h1-5H,(H2,9,14). The molecular formula is C8H7N5O. The highest BCUT2D eigenvalue weighted by molar-refractivity contribution is 5.93. The molecule has 70 valence electrons. The Morgan fingerprint density at radius 1 is 1.43 bits per heavy atom. The first-order valence-corrected chi connectivity index (χ1v) is 3.90. The zero-order valence-corrected chi connectivity index (χ0v) is 7.16. The van der Waals surface area contributed by atoms with Crippen LogP contribution >= 0.6 is 0 Å². The summed E-state index contributed by atoms with van der Waals surface area (Å²) >= 11 is 0. The summed E-state index contributed by atoms with van der Waals surface area (Å²) in [6.45, 7) is 0. The SMILES string of the molecule is NC(=O)c1cccc(-n2cnnn2)c1. The van der Waals surface area contributed by atoms with E-state index in [1.54, 1.807) is 24.3 Å². The number of hydrogen-bond acceptors (Lipinski definition) is 4. The lowest BCUT2D eigenvalue weighted by molar-refractivity contribution is 0.100. The molecular weight excluding hydrogens is 182 g/mol. The van der Waals surface area contributed by atoms with Gasteiger partial charge in [-0.1, -0.05) is 6.07 Å². The molecule has 0 aliphatic rings.